The second-order valence-electron chi connectivity index (χ2n) is 7.47. The molecule has 1 N–H and O–H groups in total. The van der Waals surface area contributed by atoms with E-state index in [0.717, 1.165) is 5.69 Å². The lowest BCUT2D eigenvalue weighted by atomic mass is 10.2. The summed E-state index contributed by atoms with van der Waals surface area (Å²) in [4.78, 5) is 33.1. The molecule has 2 aromatic carbocycles. The highest BCUT2D eigenvalue weighted by atomic mass is 35.5. The number of amides is 2. The van der Waals surface area contributed by atoms with Crippen LogP contribution in [0.3, 0.4) is 0 Å². The Morgan fingerprint density at radius 3 is 2.58 bits per heavy atom. The van der Waals surface area contributed by atoms with Gasteiger partial charge in [-0.15, -0.1) is 0 Å². The Kier molecular flexibility index (Phi) is 7.34. The molecule has 1 saturated heterocycles. The summed E-state index contributed by atoms with van der Waals surface area (Å²) in [5, 5.41) is 3.33. The molecule has 1 aromatic heterocycles. The van der Waals surface area contributed by atoms with Crippen LogP contribution in [0.4, 0.5) is 14.5 Å². The molecule has 0 radical (unpaired) electrons. The number of benzene rings is 2. The van der Waals surface area contributed by atoms with Crippen molar-refractivity contribution in [3.8, 4) is 0 Å². The fraction of sp³-hybridized carbons (Fsp3) is 0.318. The molecule has 4 rings (SSSR count). The first-order chi connectivity index (χ1) is 15.9. The Hall–Kier alpha value is -2.85. The van der Waals surface area contributed by atoms with E-state index in [0.29, 0.717) is 42.2 Å². The summed E-state index contributed by atoms with van der Waals surface area (Å²) in [6.07, 6.45) is 0. The molecular formula is C22H22ClF2N5O2S. The van der Waals surface area contributed by atoms with Gasteiger partial charge in [-0.3, -0.25) is 9.59 Å². The monoisotopic (exact) mass is 493 g/mol. The van der Waals surface area contributed by atoms with Crippen LogP contribution >= 0.6 is 23.4 Å². The number of anilines is 1. The Morgan fingerprint density at radius 1 is 1.09 bits per heavy atom. The molecule has 11 heteroatoms. The number of nitrogens with zero attached hydrogens (tertiary/aromatic N) is 4. The molecule has 0 saturated carbocycles. The average molecular weight is 494 g/mol. The summed E-state index contributed by atoms with van der Waals surface area (Å²) in [5.41, 5.74) is 2.12. The number of thioether (sulfide) groups is 1. The van der Waals surface area contributed by atoms with Crippen LogP contribution in [-0.2, 0) is 16.1 Å². The summed E-state index contributed by atoms with van der Waals surface area (Å²) in [6.45, 7) is 2.03. The summed E-state index contributed by atoms with van der Waals surface area (Å²) in [5.74, 6) is -3.29. The van der Waals surface area contributed by atoms with Crippen molar-refractivity contribution < 1.29 is 18.4 Å². The van der Waals surface area contributed by atoms with Gasteiger partial charge in [0.15, 0.2) is 5.16 Å². The van der Waals surface area contributed by atoms with Gasteiger partial charge in [-0.1, -0.05) is 29.8 Å². The van der Waals surface area contributed by atoms with Crippen LogP contribution in [0, 0.1) is 0 Å². The van der Waals surface area contributed by atoms with Crippen LogP contribution in [0.5, 0.6) is 0 Å². The molecule has 0 bridgehead atoms. The lowest BCUT2D eigenvalue weighted by molar-refractivity contribution is -0.133. The van der Waals surface area contributed by atoms with E-state index in [1.54, 1.807) is 29.2 Å². The van der Waals surface area contributed by atoms with Gasteiger partial charge in [-0.25, -0.2) is 4.98 Å². The second-order valence-corrected chi connectivity index (χ2v) is 8.87. The SMILES string of the molecule is O=C(Cn1c(SC(F)F)nc2ccccc21)NCC(=O)N1CCN(c2cccc(Cl)c2)CC1. The van der Waals surface area contributed by atoms with Crippen LogP contribution in [0.1, 0.15) is 0 Å². The van der Waals surface area contributed by atoms with E-state index in [4.69, 9.17) is 11.6 Å². The molecule has 0 aliphatic carbocycles. The van der Waals surface area contributed by atoms with E-state index < -0.39 is 11.7 Å². The lowest BCUT2D eigenvalue weighted by Crippen LogP contribution is -2.51. The molecule has 0 atom stereocenters. The molecule has 7 nitrogen and oxygen atoms in total. The Morgan fingerprint density at radius 2 is 1.85 bits per heavy atom. The minimum absolute atomic E-state index is 0.0600. The molecule has 0 spiro atoms. The first-order valence-electron chi connectivity index (χ1n) is 10.4. The highest BCUT2D eigenvalue weighted by Gasteiger charge is 2.22. The molecule has 0 unspecified atom stereocenters. The third kappa shape index (κ3) is 5.75. The number of nitrogens with one attached hydrogen (secondary N) is 1. The number of hydrogen-bond donors (Lipinski definition) is 1. The van der Waals surface area contributed by atoms with Crippen molar-refractivity contribution in [2.24, 2.45) is 0 Å². The molecule has 2 heterocycles. The first-order valence-corrected chi connectivity index (χ1v) is 11.6. The smallest absolute Gasteiger partial charge is 0.291 e. The first kappa shape index (κ1) is 23.3. The van der Waals surface area contributed by atoms with E-state index in [1.807, 2.05) is 24.3 Å². The minimum atomic E-state index is -2.66. The van der Waals surface area contributed by atoms with Crippen molar-refractivity contribution in [2.45, 2.75) is 17.5 Å². The zero-order valence-corrected chi connectivity index (χ0v) is 19.2. The number of aromatic nitrogens is 2. The second kappa shape index (κ2) is 10.4. The molecule has 1 fully saturated rings. The fourth-order valence-corrected chi connectivity index (χ4v) is 4.53. The molecule has 2 amide bonds. The summed E-state index contributed by atoms with van der Waals surface area (Å²) < 4.78 is 27.3. The molecular weight excluding hydrogens is 472 g/mol. The van der Waals surface area contributed by atoms with E-state index in [2.05, 4.69) is 15.2 Å². The van der Waals surface area contributed by atoms with E-state index in [9.17, 15) is 18.4 Å². The van der Waals surface area contributed by atoms with Gasteiger partial charge in [0.05, 0.1) is 17.6 Å². The number of carbonyl (C=O) groups is 2. The predicted molar refractivity (Wildman–Crippen MR) is 125 cm³/mol. The van der Waals surface area contributed by atoms with Crippen molar-refractivity contribution in [3.63, 3.8) is 0 Å². The van der Waals surface area contributed by atoms with E-state index in [-0.39, 0.29) is 35.9 Å². The third-order valence-corrected chi connectivity index (χ3v) is 6.29. The van der Waals surface area contributed by atoms with E-state index in [1.165, 1.54) is 4.57 Å². The number of carbonyl (C=O) groups excluding carboxylic acids is 2. The van der Waals surface area contributed by atoms with Crippen molar-refractivity contribution in [3.05, 3.63) is 53.6 Å². The topological polar surface area (TPSA) is 70.5 Å². The maximum Gasteiger partial charge on any atom is 0.291 e. The molecule has 1 aliphatic heterocycles. The van der Waals surface area contributed by atoms with Gasteiger partial charge in [0.2, 0.25) is 11.8 Å². The number of piperazine rings is 1. The number of imidazole rings is 1. The number of rotatable bonds is 7. The molecule has 3 aromatic rings. The van der Waals surface area contributed by atoms with Crippen molar-refractivity contribution in [2.75, 3.05) is 37.6 Å². The maximum atomic E-state index is 12.9. The quantitative estimate of drug-likeness (QED) is 0.510. The van der Waals surface area contributed by atoms with E-state index >= 15 is 0 Å². The summed E-state index contributed by atoms with van der Waals surface area (Å²) in [7, 11) is 0. The van der Waals surface area contributed by atoms with Gasteiger partial charge in [0.25, 0.3) is 5.76 Å². The fourth-order valence-electron chi connectivity index (χ4n) is 3.75. The zero-order valence-electron chi connectivity index (χ0n) is 17.6. The van der Waals surface area contributed by atoms with Gasteiger partial charge in [-0.2, -0.15) is 8.78 Å². The number of para-hydroxylation sites is 2. The standard InChI is InChI=1S/C22H22ClF2N5O2S/c23-15-4-3-5-16(12-15)28-8-10-29(11-9-28)20(32)13-26-19(31)14-30-18-7-2-1-6-17(18)27-22(30)33-21(24)25/h1-7,12,21H,8-11,13-14H2,(H,26,31). The maximum absolute atomic E-state index is 12.9. The average Bonchev–Trinajstić information content (AvgIpc) is 3.13. The van der Waals surface area contributed by atoms with Crippen LogP contribution in [0.2, 0.25) is 5.02 Å². The van der Waals surface area contributed by atoms with Crippen molar-refractivity contribution >= 4 is 51.9 Å². The lowest BCUT2D eigenvalue weighted by Gasteiger charge is -2.36. The number of hydrogen-bond acceptors (Lipinski definition) is 5. The largest absolute Gasteiger partial charge is 0.368 e. The van der Waals surface area contributed by atoms with Crippen LogP contribution in [-0.4, -0.2) is 64.7 Å². The zero-order chi connectivity index (χ0) is 23.4. The van der Waals surface area contributed by atoms with Crippen LogP contribution < -0.4 is 10.2 Å². The van der Waals surface area contributed by atoms with Crippen LogP contribution in [0.25, 0.3) is 11.0 Å². The van der Waals surface area contributed by atoms with Gasteiger partial charge < -0.3 is 19.7 Å². The normalized spacial score (nSPS) is 14.2. The highest BCUT2D eigenvalue weighted by molar-refractivity contribution is 7.99. The molecule has 174 valence electrons. The summed E-state index contributed by atoms with van der Waals surface area (Å²) >= 11 is 6.35. The number of fused-ring (bicyclic) bond motifs is 1. The Labute approximate surface area is 198 Å². The molecule has 33 heavy (non-hydrogen) atoms. The highest BCUT2D eigenvalue weighted by Crippen LogP contribution is 2.28. The minimum Gasteiger partial charge on any atom is -0.368 e. The van der Waals surface area contributed by atoms with Crippen molar-refractivity contribution in [1.29, 1.82) is 0 Å². The third-order valence-electron chi connectivity index (χ3n) is 5.36. The Bertz CT molecular complexity index is 1150. The predicted octanol–water partition coefficient (Wildman–Crippen LogP) is 3.47. The van der Waals surface area contributed by atoms with Gasteiger partial charge in [-0.05, 0) is 42.1 Å². The van der Waals surface area contributed by atoms with Crippen molar-refractivity contribution in [1.82, 2.24) is 19.8 Å². The van der Waals surface area contributed by atoms with Crippen LogP contribution in [0.15, 0.2) is 53.7 Å². The van der Waals surface area contributed by atoms with Gasteiger partial charge in [0.1, 0.15) is 6.54 Å². The molecule has 1 aliphatic rings. The number of alkyl halides is 2. The Balaban J connectivity index is 1.31. The van der Waals surface area contributed by atoms with Gasteiger partial charge in [0, 0.05) is 36.9 Å². The van der Waals surface area contributed by atoms with Gasteiger partial charge >= 0.3 is 0 Å². The number of halogens is 3. The summed E-state index contributed by atoms with van der Waals surface area (Å²) in [6, 6.07) is 14.5.